The van der Waals surface area contributed by atoms with Crippen LogP contribution in [-0.2, 0) is 14.3 Å². The number of hydrogen-bond donors (Lipinski definition) is 1. The highest BCUT2D eigenvalue weighted by Gasteiger charge is 2.21. The van der Waals surface area contributed by atoms with Crippen molar-refractivity contribution in [3.63, 3.8) is 0 Å². The lowest BCUT2D eigenvalue weighted by molar-refractivity contribution is -0.144. The molecule has 4 nitrogen and oxygen atoms in total. The van der Waals surface area contributed by atoms with Gasteiger partial charge in [-0.25, -0.2) is 0 Å². The quantitative estimate of drug-likeness (QED) is 0.788. The number of aryl methyl sites for hydroxylation is 1. The zero-order valence-corrected chi connectivity index (χ0v) is 10.7. The van der Waals surface area contributed by atoms with Crippen molar-refractivity contribution < 1.29 is 19.4 Å². The summed E-state index contributed by atoms with van der Waals surface area (Å²) in [5, 5.41) is 8.93. The maximum atomic E-state index is 11.5. The number of carboxylic acids is 1. The molecule has 0 aliphatic heterocycles. The second kappa shape index (κ2) is 6.79. The molecule has 0 aliphatic carbocycles. The van der Waals surface area contributed by atoms with Crippen molar-refractivity contribution in [3.8, 4) is 0 Å². The van der Waals surface area contributed by atoms with E-state index >= 15 is 0 Å². The predicted molar refractivity (Wildman–Crippen MR) is 67.4 cm³/mol. The standard InChI is InChI=1S/C14H18O4/c1-3-18-14(17)9-11(8-13(15)16)12-7-5-4-6-10(12)2/h4-7,11H,3,8-9H2,1-2H3,(H,15,16). The second-order valence-corrected chi connectivity index (χ2v) is 4.16. The van der Waals surface area contributed by atoms with Gasteiger partial charge in [-0.1, -0.05) is 24.3 Å². The Morgan fingerprint density at radius 3 is 2.50 bits per heavy atom. The van der Waals surface area contributed by atoms with E-state index in [-0.39, 0.29) is 24.7 Å². The van der Waals surface area contributed by atoms with E-state index in [0.717, 1.165) is 11.1 Å². The number of carbonyl (C=O) groups is 2. The topological polar surface area (TPSA) is 63.6 Å². The zero-order valence-electron chi connectivity index (χ0n) is 10.7. The molecule has 0 heterocycles. The molecule has 0 saturated heterocycles. The molecule has 1 N–H and O–H groups in total. The number of rotatable bonds is 6. The lowest BCUT2D eigenvalue weighted by Crippen LogP contribution is -2.14. The van der Waals surface area contributed by atoms with E-state index in [9.17, 15) is 9.59 Å². The summed E-state index contributed by atoms with van der Waals surface area (Å²) >= 11 is 0. The van der Waals surface area contributed by atoms with Crippen LogP contribution in [0.3, 0.4) is 0 Å². The predicted octanol–water partition coefficient (Wildman–Crippen LogP) is 2.51. The van der Waals surface area contributed by atoms with Crippen LogP contribution >= 0.6 is 0 Å². The van der Waals surface area contributed by atoms with Crippen LogP contribution < -0.4 is 0 Å². The second-order valence-electron chi connectivity index (χ2n) is 4.16. The van der Waals surface area contributed by atoms with Gasteiger partial charge in [0, 0.05) is 5.92 Å². The number of ether oxygens (including phenoxy) is 1. The molecule has 0 bridgehead atoms. The lowest BCUT2D eigenvalue weighted by Gasteiger charge is -2.16. The summed E-state index contributed by atoms with van der Waals surface area (Å²) in [6.45, 7) is 3.96. The van der Waals surface area contributed by atoms with Crippen molar-refractivity contribution in [2.24, 2.45) is 0 Å². The van der Waals surface area contributed by atoms with E-state index in [1.165, 1.54) is 0 Å². The molecule has 0 amide bonds. The van der Waals surface area contributed by atoms with Crippen molar-refractivity contribution in [3.05, 3.63) is 35.4 Å². The fourth-order valence-electron chi connectivity index (χ4n) is 1.97. The van der Waals surface area contributed by atoms with Crippen LogP contribution in [0.4, 0.5) is 0 Å². The molecule has 0 aromatic heterocycles. The molecule has 0 radical (unpaired) electrons. The van der Waals surface area contributed by atoms with E-state index < -0.39 is 5.97 Å². The first-order chi connectivity index (χ1) is 8.54. The van der Waals surface area contributed by atoms with E-state index in [1.807, 2.05) is 31.2 Å². The van der Waals surface area contributed by atoms with E-state index in [1.54, 1.807) is 6.92 Å². The van der Waals surface area contributed by atoms with E-state index in [0.29, 0.717) is 6.61 Å². The number of aliphatic carboxylic acids is 1. The minimum absolute atomic E-state index is 0.0658. The molecule has 0 aliphatic rings. The number of carboxylic acid groups (broad SMARTS) is 1. The zero-order chi connectivity index (χ0) is 13.5. The fraction of sp³-hybridized carbons (Fsp3) is 0.429. The Morgan fingerprint density at radius 1 is 1.28 bits per heavy atom. The molecule has 1 aromatic carbocycles. The number of carbonyl (C=O) groups excluding carboxylic acids is 1. The van der Waals surface area contributed by atoms with Crippen molar-refractivity contribution in [1.82, 2.24) is 0 Å². The Labute approximate surface area is 107 Å². The third kappa shape index (κ3) is 4.20. The van der Waals surface area contributed by atoms with Crippen molar-refractivity contribution in [2.45, 2.75) is 32.6 Å². The summed E-state index contributed by atoms with van der Waals surface area (Å²) in [4.78, 5) is 22.4. The van der Waals surface area contributed by atoms with Gasteiger partial charge in [0.15, 0.2) is 0 Å². The molecule has 0 saturated carbocycles. The molecular weight excluding hydrogens is 232 g/mol. The minimum atomic E-state index is -0.910. The van der Waals surface area contributed by atoms with Gasteiger partial charge in [0.2, 0.25) is 0 Å². The van der Waals surface area contributed by atoms with E-state index in [4.69, 9.17) is 9.84 Å². The highest BCUT2D eigenvalue weighted by molar-refractivity contribution is 5.73. The molecule has 0 spiro atoms. The smallest absolute Gasteiger partial charge is 0.306 e. The molecule has 18 heavy (non-hydrogen) atoms. The summed E-state index contributed by atoms with van der Waals surface area (Å²) in [6, 6.07) is 7.51. The lowest BCUT2D eigenvalue weighted by atomic mass is 9.89. The first-order valence-electron chi connectivity index (χ1n) is 5.97. The molecule has 4 heteroatoms. The van der Waals surface area contributed by atoms with Gasteiger partial charge in [-0.15, -0.1) is 0 Å². The monoisotopic (exact) mass is 250 g/mol. The van der Waals surface area contributed by atoms with Gasteiger partial charge in [-0.3, -0.25) is 9.59 Å². The average Bonchev–Trinajstić information content (AvgIpc) is 2.28. The van der Waals surface area contributed by atoms with Gasteiger partial charge < -0.3 is 9.84 Å². The number of benzene rings is 1. The van der Waals surface area contributed by atoms with Gasteiger partial charge in [0.05, 0.1) is 19.4 Å². The third-order valence-corrected chi connectivity index (χ3v) is 2.77. The minimum Gasteiger partial charge on any atom is -0.481 e. The molecule has 1 atom stereocenters. The summed E-state index contributed by atoms with van der Waals surface area (Å²) in [7, 11) is 0. The Morgan fingerprint density at radius 2 is 1.94 bits per heavy atom. The Balaban J connectivity index is 2.88. The van der Waals surface area contributed by atoms with Crippen LogP contribution in [-0.4, -0.2) is 23.7 Å². The highest BCUT2D eigenvalue weighted by atomic mass is 16.5. The van der Waals surface area contributed by atoms with Gasteiger partial charge in [-0.05, 0) is 25.0 Å². The highest BCUT2D eigenvalue weighted by Crippen LogP contribution is 2.26. The Kier molecular flexibility index (Phi) is 5.36. The van der Waals surface area contributed by atoms with Crippen LogP contribution in [0.5, 0.6) is 0 Å². The van der Waals surface area contributed by atoms with Gasteiger partial charge in [0.25, 0.3) is 0 Å². The normalized spacial score (nSPS) is 11.9. The van der Waals surface area contributed by atoms with Gasteiger partial charge in [0.1, 0.15) is 0 Å². The van der Waals surface area contributed by atoms with Crippen LogP contribution in [0.15, 0.2) is 24.3 Å². The van der Waals surface area contributed by atoms with Crippen LogP contribution in [0.1, 0.15) is 36.8 Å². The summed E-state index contributed by atoms with van der Waals surface area (Å²) < 4.78 is 4.88. The van der Waals surface area contributed by atoms with Crippen LogP contribution in [0.25, 0.3) is 0 Å². The maximum Gasteiger partial charge on any atom is 0.306 e. The van der Waals surface area contributed by atoms with Crippen molar-refractivity contribution in [2.75, 3.05) is 6.61 Å². The third-order valence-electron chi connectivity index (χ3n) is 2.77. The first kappa shape index (κ1) is 14.2. The maximum absolute atomic E-state index is 11.5. The molecule has 1 unspecified atom stereocenters. The molecule has 1 aromatic rings. The number of hydrogen-bond acceptors (Lipinski definition) is 3. The SMILES string of the molecule is CCOC(=O)CC(CC(=O)O)c1ccccc1C. The summed E-state index contributed by atoms with van der Waals surface area (Å²) in [5.41, 5.74) is 1.89. The molecule has 1 rings (SSSR count). The van der Waals surface area contributed by atoms with Crippen LogP contribution in [0, 0.1) is 6.92 Å². The van der Waals surface area contributed by atoms with Gasteiger partial charge in [-0.2, -0.15) is 0 Å². The fourth-order valence-corrected chi connectivity index (χ4v) is 1.97. The molecular formula is C14H18O4. The molecule has 0 fully saturated rings. The Bertz CT molecular complexity index is 426. The van der Waals surface area contributed by atoms with Crippen LogP contribution in [0.2, 0.25) is 0 Å². The van der Waals surface area contributed by atoms with Gasteiger partial charge >= 0.3 is 11.9 Å². The summed E-state index contributed by atoms with van der Waals surface area (Å²) in [5.74, 6) is -1.60. The van der Waals surface area contributed by atoms with E-state index in [2.05, 4.69) is 0 Å². The summed E-state index contributed by atoms with van der Waals surface area (Å²) in [6.07, 6.45) is 0.0364. The Hall–Kier alpha value is -1.84. The molecule has 98 valence electrons. The average molecular weight is 250 g/mol. The van der Waals surface area contributed by atoms with Crippen molar-refractivity contribution in [1.29, 1.82) is 0 Å². The van der Waals surface area contributed by atoms with Crippen molar-refractivity contribution >= 4 is 11.9 Å². The largest absolute Gasteiger partial charge is 0.481 e. The first-order valence-corrected chi connectivity index (χ1v) is 5.97. The number of esters is 1.